The molecule has 6 heteroatoms. The van der Waals surface area contributed by atoms with Crippen LogP contribution in [0.5, 0.6) is 5.75 Å². The molecule has 15 heavy (non-hydrogen) atoms. The van der Waals surface area contributed by atoms with Crippen molar-refractivity contribution in [3.05, 3.63) is 18.3 Å². The Morgan fingerprint density at radius 2 is 2.27 bits per heavy atom. The van der Waals surface area contributed by atoms with Crippen molar-refractivity contribution in [2.45, 2.75) is 0 Å². The number of aromatic nitrogens is 2. The highest BCUT2D eigenvalue weighted by Crippen LogP contribution is 2.28. The molecule has 1 aromatic heterocycles. The van der Waals surface area contributed by atoms with E-state index in [0.717, 1.165) is 0 Å². The fourth-order valence-electron chi connectivity index (χ4n) is 1.42. The molecule has 0 bridgehead atoms. The van der Waals surface area contributed by atoms with E-state index in [1.54, 1.807) is 12.3 Å². The molecule has 0 atom stereocenters. The zero-order valence-corrected chi connectivity index (χ0v) is 8.01. The lowest BCUT2D eigenvalue weighted by molar-refractivity contribution is 0.306. The lowest BCUT2D eigenvalue weighted by atomic mass is 10.2. The van der Waals surface area contributed by atoms with Gasteiger partial charge in [0.25, 0.3) is 0 Å². The Hall–Kier alpha value is -1.95. The first-order valence-corrected chi connectivity index (χ1v) is 4.54. The number of rotatable bonds is 3. The third-order valence-corrected chi connectivity index (χ3v) is 2.12. The lowest BCUT2D eigenvalue weighted by Crippen LogP contribution is -2.19. The highest BCUT2D eigenvalue weighted by Gasteiger charge is 2.09. The van der Waals surface area contributed by atoms with E-state index in [9.17, 15) is 5.11 Å². The monoisotopic (exact) mass is 208 g/mol. The second-order valence-corrected chi connectivity index (χ2v) is 3.12. The number of hydrogen-bond donors (Lipinski definition) is 4. The molecule has 0 aliphatic heterocycles. The quantitative estimate of drug-likeness (QED) is 0.416. The van der Waals surface area contributed by atoms with E-state index in [4.69, 9.17) is 10.8 Å². The second kappa shape index (κ2) is 3.66. The first-order chi connectivity index (χ1) is 7.24. The number of nitrogen functional groups attached to an aromatic ring is 1. The molecule has 0 saturated heterocycles. The van der Waals surface area contributed by atoms with Crippen molar-refractivity contribution >= 4 is 16.6 Å². The summed E-state index contributed by atoms with van der Waals surface area (Å²) >= 11 is 0. The van der Waals surface area contributed by atoms with E-state index in [2.05, 4.69) is 10.5 Å². The van der Waals surface area contributed by atoms with Gasteiger partial charge in [0.1, 0.15) is 11.3 Å². The third-order valence-electron chi connectivity index (χ3n) is 2.12. The van der Waals surface area contributed by atoms with Crippen molar-refractivity contribution in [1.29, 1.82) is 0 Å². The summed E-state index contributed by atoms with van der Waals surface area (Å²) in [5.41, 5.74) is 9.62. The minimum Gasteiger partial charge on any atom is -0.506 e. The van der Waals surface area contributed by atoms with Crippen LogP contribution in [0.1, 0.15) is 0 Å². The van der Waals surface area contributed by atoms with E-state index in [1.165, 1.54) is 10.9 Å². The topological polar surface area (TPSA) is 96.3 Å². The first-order valence-electron chi connectivity index (χ1n) is 4.54. The predicted octanol–water partition coefficient (Wildman–Crippen LogP) is -0.140. The minimum atomic E-state index is -0.00949. The van der Waals surface area contributed by atoms with Gasteiger partial charge in [0.2, 0.25) is 0 Å². The molecule has 2 aromatic rings. The smallest absolute Gasteiger partial charge is 0.143 e. The zero-order valence-electron chi connectivity index (χ0n) is 8.01. The third kappa shape index (κ3) is 1.55. The summed E-state index contributed by atoms with van der Waals surface area (Å²) in [5.74, 6) is 0.0992. The summed E-state index contributed by atoms with van der Waals surface area (Å²) in [6, 6.07) is 3.13. The molecule has 0 aliphatic carbocycles. The van der Waals surface area contributed by atoms with Crippen LogP contribution in [-0.2, 0) is 0 Å². The lowest BCUT2D eigenvalue weighted by Gasteiger charge is -2.06. The van der Waals surface area contributed by atoms with Gasteiger partial charge in [-0.2, -0.15) is 9.89 Å². The highest BCUT2D eigenvalue weighted by molar-refractivity contribution is 5.94. The van der Waals surface area contributed by atoms with E-state index in [0.29, 0.717) is 23.1 Å². The fraction of sp³-hybridized carbons (Fsp3) is 0.222. The van der Waals surface area contributed by atoms with Gasteiger partial charge in [0, 0.05) is 11.1 Å². The maximum absolute atomic E-state index is 9.65. The molecule has 2 rings (SSSR count). The van der Waals surface area contributed by atoms with Crippen molar-refractivity contribution < 1.29 is 10.2 Å². The van der Waals surface area contributed by atoms with Gasteiger partial charge < -0.3 is 21.4 Å². The maximum atomic E-state index is 9.65. The molecule has 0 amide bonds. The number of aliphatic hydroxyl groups excluding tert-OH is 1. The van der Waals surface area contributed by atoms with Crippen molar-refractivity contribution in [3.8, 4) is 5.75 Å². The standard InChI is InChI=1S/C9H12N4O2/c10-7-1-2-8(15)9-6(7)5-12-13(9)11-3-4-14/h1-2,5,11,14-15H,3-4,10H2. The van der Waals surface area contributed by atoms with Crippen LogP contribution >= 0.6 is 0 Å². The zero-order chi connectivity index (χ0) is 10.8. The summed E-state index contributed by atoms with van der Waals surface area (Å²) in [7, 11) is 0. The number of aromatic hydroxyl groups is 1. The molecular formula is C9H12N4O2. The number of anilines is 1. The van der Waals surface area contributed by atoms with E-state index >= 15 is 0 Å². The van der Waals surface area contributed by atoms with E-state index < -0.39 is 0 Å². The number of nitrogens with one attached hydrogen (secondary N) is 1. The predicted molar refractivity (Wildman–Crippen MR) is 57.1 cm³/mol. The SMILES string of the molecule is Nc1ccc(O)c2c1cnn2NCCO. The van der Waals surface area contributed by atoms with Crippen LogP contribution < -0.4 is 11.2 Å². The summed E-state index contributed by atoms with van der Waals surface area (Å²) < 4.78 is 0. The maximum Gasteiger partial charge on any atom is 0.143 e. The van der Waals surface area contributed by atoms with Gasteiger partial charge in [0.15, 0.2) is 0 Å². The average molecular weight is 208 g/mol. The molecule has 5 N–H and O–H groups in total. The number of phenolic OH excluding ortho intramolecular Hbond substituents is 1. The number of nitrogens with zero attached hydrogens (tertiary/aromatic N) is 2. The van der Waals surface area contributed by atoms with Crippen LogP contribution in [0.15, 0.2) is 18.3 Å². The number of nitrogens with two attached hydrogens (primary N) is 1. The number of hydrogen-bond acceptors (Lipinski definition) is 5. The summed E-state index contributed by atoms with van der Waals surface area (Å²) in [6.07, 6.45) is 1.56. The highest BCUT2D eigenvalue weighted by atomic mass is 16.3. The number of phenols is 1. The Morgan fingerprint density at radius 3 is 3.00 bits per heavy atom. The molecular weight excluding hydrogens is 196 g/mol. The molecule has 0 unspecified atom stereocenters. The van der Waals surface area contributed by atoms with Crippen LogP contribution in [0.25, 0.3) is 10.9 Å². The van der Waals surface area contributed by atoms with Gasteiger partial charge in [-0.1, -0.05) is 0 Å². The summed E-state index contributed by atoms with van der Waals surface area (Å²) in [5, 5.41) is 23.0. The Labute approximate surface area is 85.9 Å². The van der Waals surface area contributed by atoms with Crippen LogP contribution in [0.2, 0.25) is 0 Å². The van der Waals surface area contributed by atoms with Gasteiger partial charge in [0.05, 0.1) is 19.3 Å². The number of fused-ring (bicyclic) bond motifs is 1. The first kappa shape index (κ1) is 9.60. The normalized spacial score (nSPS) is 10.7. The van der Waals surface area contributed by atoms with Gasteiger partial charge in [-0.25, -0.2) is 0 Å². The molecule has 0 saturated carbocycles. The molecule has 1 aromatic carbocycles. The average Bonchev–Trinajstić information content (AvgIpc) is 2.65. The minimum absolute atomic E-state index is 0.00949. The van der Waals surface area contributed by atoms with Crippen LogP contribution in [0.3, 0.4) is 0 Å². The Balaban J connectivity index is 2.53. The Bertz CT molecular complexity index is 480. The molecule has 0 radical (unpaired) electrons. The van der Waals surface area contributed by atoms with Gasteiger partial charge in [-0.05, 0) is 12.1 Å². The van der Waals surface area contributed by atoms with Crippen LogP contribution in [0, 0.1) is 0 Å². The molecule has 80 valence electrons. The van der Waals surface area contributed by atoms with E-state index in [1.807, 2.05) is 0 Å². The second-order valence-electron chi connectivity index (χ2n) is 3.12. The Kier molecular flexibility index (Phi) is 2.34. The molecule has 0 fully saturated rings. The largest absolute Gasteiger partial charge is 0.506 e. The van der Waals surface area contributed by atoms with Crippen LogP contribution in [0.4, 0.5) is 5.69 Å². The summed E-state index contributed by atoms with van der Waals surface area (Å²) in [4.78, 5) is 1.40. The fourth-order valence-corrected chi connectivity index (χ4v) is 1.42. The summed E-state index contributed by atoms with van der Waals surface area (Å²) in [6.45, 7) is 0.343. The molecule has 1 heterocycles. The van der Waals surface area contributed by atoms with Gasteiger partial charge >= 0.3 is 0 Å². The van der Waals surface area contributed by atoms with Gasteiger partial charge in [-0.15, -0.1) is 0 Å². The van der Waals surface area contributed by atoms with Gasteiger partial charge in [-0.3, -0.25) is 0 Å². The van der Waals surface area contributed by atoms with Crippen LogP contribution in [-0.4, -0.2) is 33.3 Å². The van der Waals surface area contributed by atoms with Crippen molar-refractivity contribution in [3.63, 3.8) is 0 Å². The number of aliphatic hydroxyl groups is 1. The van der Waals surface area contributed by atoms with Crippen molar-refractivity contribution in [2.24, 2.45) is 0 Å². The molecule has 0 aliphatic rings. The Morgan fingerprint density at radius 1 is 1.47 bits per heavy atom. The van der Waals surface area contributed by atoms with Crippen molar-refractivity contribution in [2.75, 3.05) is 24.3 Å². The molecule has 6 nitrogen and oxygen atoms in total. The molecule has 0 spiro atoms. The number of benzene rings is 1. The van der Waals surface area contributed by atoms with Crippen molar-refractivity contribution in [1.82, 2.24) is 9.89 Å². The van der Waals surface area contributed by atoms with E-state index in [-0.39, 0.29) is 12.4 Å².